The molecule has 2 rings (SSSR count). The average molecular weight is 249 g/mol. The van der Waals surface area contributed by atoms with Crippen molar-refractivity contribution >= 4 is 5.78 Å². The molecule has 102 valence electrons. The molecule has 0 aromatic carbocycles. The summed E-state index contributed by atoms with van der Waals surface area (Å²) in [5, 5.41) is 0. The van der Waals surface area contributed by atoms with E-state index in [4.69, 9.17) is 0 Å². The maximum Gasteiger partial charge on any atom is 0.178 e. The molecule has 0 N–H and O–H groups in total. The first-order valence-electron chi connectivity index (χ1n) is 7.47. The number of ketones is 1. The maximum absolute atomic E-state index is 12.9. The summed E-state index contributed by atoms with van der Waals surface area (Å²) in [7, 11) is 4.16. The fraction of sp³-hybridized carbons (Fsp3) is 0.812. The molecule has 2 aliphatic carbocycles. The van der Waals surface area contributed by atoms with Crippen molar-refractivity contribution in [3.8, 4) is 0 Å². The van der Waals surface area contributed by atoms with Crippen molar-refractivity contribution in [2.75, 3.05) is 14.1 Å². The monoisotopic (exact) mass is 249 g/mol. The Labute approximate surface area is 111 Å². The van der Waals surface area contributed by atoms with E-state index in [1.54, 1.807) is 0 Å². The fourth-order valence-corrected chi connectivity index (χ4v) is 3.46. The summed E-state index contributed by atoms with van der Waals surface area (Å²) in [6.45, 7) is 2.31. The first-order valence-corrected chi connectivity index (χ1v) is 7.47. The third kappa shape index (κ3) is 2.54. The molecule has 1 saturated carbocycles. The average Bonchev–Trinajstić information content (AvgIpc) is 2.40. The van der Waals surface area contributed by atoms with E-state index in [1.165, 1.54) is 25.7 Å². The van der Waals surface area contributed by atoms with Crippen LogP contribution in [0.4, 0.5) is 0 Å². The molecule has 0 bridgehead atoms. The van der Waals surface area contributed by atoms with Crippen LogP contribution in [0, 0.1) is 5.92 Å². The Kier molecular flexibility index (Phi) is 4.26. The van der Waals surface area contributed by atoms with Crippen LogP contribution in [-0.4, -0.2) is 30.3 Å². The number of hydrogen-bond donors (Lipinski definition) is 0. The largest absolute Gasteiger partial charge is 0.297 e. The molecule has 0 unspecified atom stereocenters. The van der Waals surface area contributed by atoms with Crippen molar-refractivity contribution in [1.82, 2.24) is 4.90 Å². The molecule has 0 radical (unpaired) electrons. The molecule has 18 heavy (non-hydrogen) atoms. The summed E-state index contributed by atoms with van der Waals surface area (Å²) in [6, 6.07) is 0. The lowest BCUT2D eigenvalue weighted by Gasteiger charge is -2.44. The van der Waals surface area contributed by atoms with Crippen molar-refractivity contribution in [2.24, 2.45) is 5.92 Å². The minimum Gasteiger partial charge on any atom is -0.297 e. The van der Waals surface area contributed by atoms with Gasteiger partial charge in [-0.15, -0.1) is 0 Å². The van der Waals surface area contributed by atoms with Gasteiger partial charge in [-0.3, -0.25) is 9.69 Å². The fourth-order valence-electron chi connectivity index (χ4n) is 3.46. The van der Waals surface area contributed by atoms with Crippen LogP contribution in [0.15, 0.2) is 11.6 Å². The van der Waals surface area contributed by atoms with Crippen LogP contribution in [0.1, 0.15) is 58.3 Å². The van der Waals surface area contributed by atoms with Crippen LogP contribution >= 0.6 is 0 Å². The molecule has 2 aliphatic rings. The van der Waals surface area contributed by atoms with Crippen molar-refractivity contribution in [3.05, 3.63) is 11.6 Å². The molecular formula is C16H27NO. The van der Waals surface area contributed by atoms with Crippen LogP contribution in [0.3, 0.4) is 0 Å². The Morgan fingerprint density at radius 3 is 2.44 bits per heavy atom. The zero-order valence-corrected chi connectivity index (χ0v) is 12.2. The maximum atomic E-state index is 12.9. The second kappa shape index (κ2) is 5.56. The van der Waals surface area contributed by atoms with Crippen LogP contribution in [0.2, 0.25) is 0 Å². The Balaban J connectivity index is 2.19. The minimum atomic E-state index is -0.199. The molecule has 0 aromatic heterocycles. The highest BCUT2D eigenvalue weighted by Crippen LogP contribution is 2.38. The Morgan fingerprint density at radius 2 is 1.94 bits per heavy atom. The first-order chi connectivity index (χ1) is 8.56. The molecule has 0 amide bonds. The third-order valence-electron chi connectivity index (χ3n) is 4.96. The summed E-state index contributed by atoms with van der Waals surface area (Å²) < 4.78 is 0. The van der Waals surface area contributed by atoms with E-state index < -0.39 is 0 Å². The standard InChI is InChI=1S/C16H27NO/c1-13-9-11-16(12-10-13,17(2)3)15(18)14-7-5-4-6-8-14/h7,13H,4-6,8-12H2,1-3H3. The lowest BCUT2D eigenvalue weighted by Crippen LogP contribution is -2.53. The van der Waals surface area contributed by atoms with Gasteiger partial charge in [-0.25, -0.2) is 0 Å². The molecule has 0 heterocycles. The normalized spacial score (nSPS) is 33.3. The molecule has 2 heteroatoms. The summed E-state index contributed by atoms with van der Waals surface area (Å²) in [6.07, 6.45) is 11.2. The molecule has 0 saturated heterocycles. The van der Waals surface area contributed by atoms with Gasteiger partial charge < -0.3 is 0 Å². The summed E-state index contributed by atoms with van der Waals surface area (Å²) in [5.41, 5.74) is 0.917. The zero-order chi connectivity index (χ0) is 13.2. The van der Waals surface area contributed by atoms with Crippen LogP contribution in [0.5, 0.6) is 0 Å². The number of likely N-dealkylation sites (N-methyl/N-ethyl adjacent to an activating group) is 1. The highest BCUT2D eigenvalue weighted by Gasteiger charge is 2.43. The molecule has 0 aromatic rings. The van der Waals surface area contributed by atoms with Crippen LogP contribution < -0.4 is 0 Å². The first kappa shape index (κ1) is 13.8. The van der Waals surface area contributed by atoms with Gasteiger partial charge in [-0.2, -0.15) is 0 Å². The summed E-state index contributed by atoms with van der Waals surface area (Å²) in [5.74, 6) is 1.21. The molecule has 1 fully saturated rings. The molecule has 0 aliphatic heterocycles. The highest BCUT2D eigenvalue weighted by molar-refractivity contribution is 6.02. The molecular weight excluding hydrogens is 222 g/mol. The summed E-state index contributed by atoms with van der Waals surface area (Å²) in [4.78, 5) is 15.1. The van der Waals surface area contributed by atoms with Gasteiger partial charge in [0.1, 0.15) is 0 Å². The predicted octanol–water partition coefficient (Wildman–Crippen LogP) is 3.57. The SMILES string of the molecule is CC1CCC(C(=O)C2=CCCCC2)(N(C)C)CC1. The molecule has 0 spiro atoms. The topological polar surface area (TPSA) is 20.3 Å². The van der Waals surface area contributed by atoms with Gasteiger partial charge in [0.05, 0.1) is 5.54 Å². The minimum absolute atomic E-state index is 0.199. The van der Waals surface area contributed by atoms with Gasteiger partial charge in [0.2, 0.25) is 0 Å². The van der Waals surface area contributed by atoms with Gasteiger partial charge >= 0.3 is 0 Å². The van der Waals surface area contributed by atoms with E-state index >= 15 is 0 Å². The lowest BCUT2D eigenvalue weighted by atomic mass is 9.71. The Bertz CT molecular complexity index is 335. The number of allylic oxidation sites excluding steroid dienone is 1. The van der Waals surface area contributed by atoms with Gasteiger partial charge in [-0.1, -0.05) is 13.0 Å². The summed E-state index contributed by atoms with van der Waals surface area (Å²) >= 11 is 0. The van der Waals surface area contributed by atoms with E-state index in [0.29, 0.717) is 5.78 Å². The molecule has 2 nitrogen and oxygen atoms in total. The number of Topliss-reactive ketones (excluding diaryl/α,β-unsaturated/α-hetero) is 1. The van der Waals surface area contributed by atoms with Gasteiger partial charge in [-0.05, 0) is 77.0 Å². The number of hydrogen-bond acceptors (Lipinski definition) is 2. The molecule has 0 atom stereocenters. The number of nitrogens with zero attached hydrogens (tertiary/aromatic N) is 1. The Hall–Kier alpha value is -0.630. The lowest BCUT2D eigenvalue weighted by molar-refractivity contribution is -0.128. The highest BCUT2D eigenvalue weighted by atomic mass is 16.1. The van der Waals surface area contributed by atoms with E-state index in [0.717, 1.165) is 37.2 Å². The van der Waals surface area contributed by atoms with Crippen molar-refractivity contribution in [1.29, 1.82) is 0 Å². The number of rotatable bonds is 3. The number of carbonyl (C=O) groups excluding carboxylic acids is 1. The van der Waals surface area contributed by atoms with E-state index in [-0.39, 0.29) is 5.54 Å². The number of carbonyl (C=O) groups is 1. The predicted molar refractivity (Wildman–Crippen MR) is 75.6 cm³/mol. The Morgan fingerprint density at radius 1 is 1.28 bits per heavy atom. The van der Waals surface area contributed by atoms with E-state index in [1.807, 2.05) is 0 Å². The van der Waals surface area contributed by atoms with Gasteiger partial charge in [0.15, 0.2) is 5.78 Å². The zero-order valence-electron chi connectivity index (χ0n) is 12.2. The third-order valence-corrected chi connectivity index (χ3v) is 4.96. The van der Waals surface area contributed by atoms with Crippen molar-refractivity contribution < 1.29 is 4.79 Å². The van der Waals surface area contributed by atoms with Crippen molar-refractivity contribution in [3.63, 3.8) is 0 Å². The van der Waals surface area contributed by atoms with Crippen LogP contribution in [0.25, 0.3) is 0 Å². The second-order valence-corrected chi connectivity index (χ2v) is 6.41. The van der Waals surface area contributed by atoms with Crippen molar-refractivity contribution in [2.45, 2.75) is 63.8 Å². The van der Waals surface area contributed by atoms with Crippen LogP contribution in [-0.2, 0) is 4.79 Å². The second-order valence-electron chi connectivity index (χ2n) is 6.41. The van der Waals surface area contributed by atoms with E-state index in [9.17, 15) is 4.79 Å². The van der Waals surface area contributed by atoms with E-state index in [2.05, 4.69) is 32.0 Å². The smallest absolute Gasteiger partial charge is 0.178 e. The quantitative estimate of drug-likeness (QED) is 0.762. The van der Waals surface area contributed by atoms with Gasteiger partial charge in [0.25, 0.3) is 0 Å². The van der Waals surface area contributed by atoms with Gasteiger partial charge in [0, 0.05) is 0 Å².